The Morgan fingerprint density at radius 3 is 2.52 bits per heavy atom. The summed E-state index contributed by atoms with van der Waals surface area (Å²) in [6.07, 6.45) is 0. The van der Waals surface area contributed by atoms with E-state index in [1.54, 1.807) is 25.3 Å². The zero-order valence-corrected chi connectivity index (χ0v) is 15.7. The number of nitrogens with one attached hydrogen (secondary N) is 1. The van der Waals surface area contributed by atoms with Crippen LogP contribution in [-0.4, -0.2) is 36.4 Å². The minimum absolute atomic E-state index is 0.123. The fourth-order valence-electron chi connectivity index (χ4n) is 2.45. The SMILES string of the molecule is COc1ccc(-c2noc(COC(=O)c3ccc(NC(N)=O)cc3)n2)c(OC)c1. The van der Waals surface area contributed by atoms with E-state index in [4.69, 9.17) is 24.5 Å². The summed E-state index contributed by atoms with van der Waals surface area (Å²) < 4.78 is 20.8. The number of primary amides is 1. The first-order valence-electron chi connectivity index (χ1n) is 8.38. The van der Waals surface area contributed by atoms with E-state index in [2.05, 4.69) is 15.5 Å². The van der Waals surface area contributed by atoms with Gasteiger partial charge in [0.25, 0.3) is 5.89 Å². The van der Waals surface area contributed by atoms with Gasteiger partial charge in [0.05, 0.1) is 25.3 Å². The number of urea groups is 1. The zero-order chi connectivity index (χ0) is 20.8. The van der Waals surface area contributed by atoms with Crippen LogP contribution in [0.5, 0.6) is 11.5 Å². The van der Waals surface area contributed by atoms with E-state index in [9.17, 15) is 9.59 Å². The van der Waals surface area contributed by atoms with Crippen molar-refractivity contribution in [1.82, 2.24) is 10.1 Å². The van der Waals surface area contributed by atoms with Gasteiger partial charge in [-0.2, -0.15) is 4.98 Å². The van der Waals surface area contributed by atoms with Crippen LogP contribution in [0.4, 0.5) is 10.5 Å². The van der Waals surface area contributed by atoms with Gasteiger partial charge in [0, 0.05) is 11.8 Å². The molecular weight excluding hydrogens is 380 g/mol. The summed E-state index contributed by atoms with van der Waals surface area (Å²) in [4.78, 5) is 27.2. The van der Waals surface area contributed by atoms with Crippen LogP contribution in [-0.2, 0) is 11.3 Å². The molecule has 29 heavy (non-hydrogen) atoms. The molecule has 0 aliphatic rings. The molecule has 0 bridgehead atoms. The van der Waals surface area contributed by atoms with Crippen molar-refractivity contribution in [2.24, 2.45) is 5.73 Å². The molecule has 0 unspecified atom stereocenters. The highest BCUT2D eigenvalue weighted by Crippen LogP contribution is 2.31. The Balaban J connectivity index is 1.65. The standard InChI is InChI=1S/C19H18N4O6/c1-26-13-7-8-14(15(9-13)27-2)17-22-16(29-23-17)10-28-18(24)11-3-5-12(6-4-11)21-19(20)25/h3-9H,10H2,1-2H3,(H3,20,21,25). The molecule has 1 heterocycles. The lowest BCUT2D eigenvalue weighted by molar-refractivity contribution is 0.0430. The second-order valence-corrected chi connectivity index (χ2v) is 5.72. The minimum Gasteiger partial charge on any atom is -0.497 e. The number of methoxy groups -OCH3 is 2. The van der Waals surface area contributed by atoms with E-state index >= 15 is 0 Å². The van der Waals surface area contributed by atoms with Crippen LogP contribution in [0.25, 0.3) is 11.4 Å². The van der Waals surface area contributed by atoms with Crippen molar-refractivity contribution in [2.45, 2.75) is 6.61 Å². The van der Waals surface area contributed by atoms with E-state index in [-0.39, 0.29) is 23.9 Å². The maximum absolute atomic E-state index is 12.1. The van der Waals surface area contributed by atoms with Crippen LogP contribution < -0.4 is 20.5 Å². The molecule has 0 atom stereocenters. The molecule has 10 nitrogen and oxygen atoms in total. The lowest BCUT2D eigenvalue weighted by Gasteiger charge is -2.07. The Labute approximate surface area is 165 Å². The highest BCUT2D eigenvalue weighted by molar-refractivity contribution is 5.91. The Morgan fingerprint density at radius 2 is 1.86 bits per heavy atom. The maximum Gasteiger partial charge on any atom is 0.338 e. The summed E-state index contributed by atoms with van der Waals surface area (Å²) >= 11 is 0. The summed E-state index contributed by atoms with van der Waals surface area (Å²) in [5, 5.41) is 6.29. The Morgan fingerprint density at radius 1 is 1.10 bits per heavy atom. The Bertz CT molecular complexity index is 1020. The van der Waals surface area contributed by atoms with Crippen LogP contribution in [0.3, 0.4) is 0 Å². The number of esters is 1. The second kappa shape index (κ2) is 8.74. The van der Waals surface area contributed by atoms with E-state index < -0.39 is 12.0 Å². The number of nitrogens with zero attached hydrogens (tertiary/aromatic N) is 2. The quantitative estimate of drug-likeness (QED) is 0.579. The summed E-state index contributed by atoms with van der Waals surface area (Å²) in [6.45, 7) is -0.203. The molecule has 0 spiro atoms. The third-order valence-electron chi connectivity index (χ3n) is 3.83. The molecule has 1 aromatic heterocycles. The van der Waals surface area contributed by atoms with Crippen molar-refractivity contribution in [2.75, 3.05) is 19.5 Å². The van der Waals surface area contributed by atoms with Crippen LogP contribution >= 0.6 is 0 Å². The number of benzene rings is 2. The molecule has 3 rings (SSSR count). The first kappa shape index (κ1) is 19.7. The highest BCUT2D eigenvalue weighted by atomic mass is 16.6. The lowest BCUT2D eigenvalue weighted by Crippen LogP contribution is -2.19. The van der Waals surface area contributed by atoms with Gasteiger partial charge in [-0.3, -0.25) is 0 Å². The average molecular weight is 398 g/mol. The number of amides is 2. The number of carbonyl (C=O) groups excluding carboxylic acids is 2. The smallest absolute Gasteiger partial charge is 0.338 e. The number of aromatic nitrogens is 2. The minimum atomic E-state index is -0.694. The molecule has 0 aliphatic carbocycles. The van der Waals surface area contributed by atoms with Gasteiger partial charge in [-0.25, -0.2) is 9.59 Å². The molecule has 2 aromatic carbocycles. The molecule has 2 amide bonds. The van der Waals surface area contributed by atoms with Crippen LogP contribution in [0.2, 0.25) is 0 Å². The summed E-state index contributed by atoms with van der Waals surface area (Å²) in [5.41, 5.74) is 6.39. The number of nitrogens with two attached hydrogens (primary N) is 1. The number of carbonyl (C=O) groups is 2. The van der Waals surface area contributed by atoms with Gasteiger partial charge >= 0.3 is 12.0 Å². The number of hydrogen-bond donors (Lipinski definition) is 2. The van der Waals surface area contributed by atoms with Crippen molar-refractivity contribution in [3.8, 4) is 22.9 Å². The van der Waals surface area contributed by atoms with Gasteiger partial charge in [-0.15, -0.1) is 0 Å². The number of anilines is 1. The molecule has 3 N–H and O–H groups in total. The number of ether oxygens (including phenoxy) is 3. The van der Waals surface area contributed by atoms with Gasteiger partial charge < -0.3 is 29.8 Å². The van der Waals surface area contributed by atoms with Crippen LogP contribution in [0, 0.1) is 0 Å². The molecular formula is C19H18N4O6. The predicted octanol–water partition coefficient (Wildman–Crippen LogP) is 2.60. The largest absolute Gasteiger partial charge is 0.497 e. The average Bonchev–Trinajstić information content (AvgIpc) is 3.20. The normalized spacial score (nSPS) is 10.3. The van der Waals surface area contributed by atoms with Gasteiger partial charge in [0.15, 0.2) is 6.61 Å². The van der Waals surface area contributed by atoms with Crippen LogP contribution in [0.15, 0.2) is 47.0 Å². The topological polar surface area (TPSA) is 139 Å². The monoisotopic (exact) mass is 398 g/mol. The van der Waals surface area contributed by atoms with Crippen molar-refractivity contribution in [1.29, 1.82) is 0 Å². The van der Waals surface area contributed by atoms with E-state index in [0.29, 0.717) is 22.7 Å². The summed E-state index contributed by atoms with van der Waals surface area (Å²) in [7, 11) is 3.07. The van der Waals surface area contributed by atoms with Gasteiger partial charge in [0.2, 0.25) is 5.82 Å². The van der Waals surface area contributed by atoms with Crippen molar-refractivity contribution in [3.05, 3.63) is 53.9 Å². The fraction of sp³-hybridized carbons (Fsp3) is 0.158. The summed E-state index contributed by atoms with van der Waals surface area (Å²) in [5.74, 6) is 0.965. The second-order valence-electron chi connectivity index (χ2n) is 5.72. The zero-order valence-electron chi connectivity index (χ0n) is 15.7. The third-order valence-corrected chi connectivity index (χ3v) is 3.83. The molecule has 0 saturated carbocycles. The van der Waals surface area contributed by atoms with Crippen molar-refractivity contribution >= 4 is 17.7 Å². The van der Waals surface area contributed by atoms with Gasteiger partial charge in [0.1, 0.15) is 11.5 Å². The van der Waals surface area contributed by atoms with Gasteiger partial charge in [-0.05, 0) is 36.4 Å². The third kappa shape index (κ3) is 4.80. The molecule has 3 aromatic rings. The summed E-state index contributed by atoms with van der Waals surface area (Å²) in [6, 6.07) is 10.5. The highest BCUT2D eigenvalue weighted by Gasteiger charge is 2.16. The molecule has 0 aliphatic heterocycles. The number of hydrogen-bond acceptors (Lipinski definition) is 8. The van der Waals surface area contributed by atoms with Crippen molar-refractivity contribution < 1.29 is 28.3 Å². The van der Waals surface area contributed by atoms with Crippen molar-refractivity contribution in [3.63, 3.8) is 0 Å². The maximum atomic E-state index is 12.1. The lowest BCUT2D eigenvalue weighted by atomic mass is 10.2. The first-order valence-corrected chi connectivity index (χ1v) is 8.38. The number of rotatable bonds is 7. The predicted molar refractivity (Wildman–Crippen MR) is 102 cm³/mol. The molecule has 0 radical (unpaired) electrons. The Hall–Kier alpha value is -4.08. The van der Waals surface area contributed by atoms with E-state index in [1.807, 2.05) is 0 Å². The first-order chi connectivity index (χ1) is 14.0. The van der Waals surface area contributed by atoms with Gasteiger partial charge in [-0.1, -0.05) is 5.16 Å². The molecule has 0 fully saturated rings. The molecule has 150 valence electrons. The fourth-order valence-corrected chi connectivity index (χ4v) is 2.45. The molecule has 0 saturated heterocycles. The van der Waals surface area contributed by atoms with E-state index in [0.717, 1.165) is 0 Å². The Kier molecular flexibility index (Phi) is 5.93. The van der Waals surface area contributed by atoms with E-state index in [1.165, 1.54) is 31.4 Å². The van der Waals surface area contributed by atoms with Crippen LogP contribution in [0.1, 0.15) is 16.2 Å². The molecule has 10 heteroatoms.